The highest BCUT2D eigenvalue weighted by Gasteiger charge is 2.15. The van der Waals surface area contributed by atoms with Crippen LogP contribution in [0, 0.1) is 10.1 Å². The highest BCUT2D eigenvalue weighted by molar-refractivity contribution is 5.91. The molecule has 2 aromatic rings. The molecule has 0 spiro atoms. The van der Waals surface area contributed by atoms with E-state index in [1.165, 1.54) is 13.0 Å². The molecular weight excluding hydrogens is 256 g/mol. The Morgan fingerprint density at radius 2 is 1.85 bits per heavy atom. The molecule has 0 fully saturated rings. The van der Waals surface area contributed by atoms with E-state index in [2.05, 4.69) is 5.32 Å². The van der Waals surface area contributed by atoms with Crippen LogP contribution in [0.2, 0.25) is 0 Å². The standard InChI is InChI=1S/C15H14N2O3/c1-11(18)16-14-8-7-13(10-15(14)17(19)20)9-12-5-3-2-4-6-12/h2-8,10H,9H2,1H3,(H,16,18). The molecule has 1 amide bonds. The first-order valence-electron chi connectivity index (χ1n) is 6.15. The van der Waals surface area contributed by atoms with E-state index in [-0.39, 0.29) is 17.3 Å². The number of nitrogens with zero attached hydrogens (tertiary/aromatic N) is 1. The molecule has 0 bridgehead atoms. The molecule has 2 aromatic carbocycles. The molecule has 20 heavy (non-hydrogen) atoms. The van der Waals surface area contributed by atoms with E-state index in [9.17, 15) is 14.9 Å². The van der Waals surface area contributed by atoms with Gasteiger partial charge < -0.3 is 5.32 Å². The zero-order valence-corrected chi connectivity index (χ0v) is 11.0. The molecule has 5 nitrogen and oxygen atoms in total. The largest absolute Gasteiger partial charge is 0.321 e. The summed E-state index contributed by atoms with van der Waals surface area (Å²) < 4.78 is 0. The van der Waals surface area contributed by atoms with E-state index >= 15 is 0 Å². The molecule has 0 aliphatic heterocycles. The summed E-state index contributed by atoms with van der Waals surface area (Å²) in [6, 6.07) is 14.6. The van der Waals surface area contributed by atoms with E-state index in [1.807, 2.05) is 30.3 Å². The van der Waals surface area contributed by atoms with Crippen LogP contribution in [0.25, 0.3) is 0 Å². The Kier molecular flexibility index (Phi) is 4.10. The number of amides is 1. The molecule has 0 heterocycles. The topological polar surface area (TPSA) is 72.2 Å². The summed E-state index contributed by atoms with van der Waals surface area (Å²) in [7, 11) is 0. The van der Waals surface area contributed by atoms with Crippen LogP contribution in [-0.4, -0.2) is 10.8 Å². The summed E-state index contributed by atoms with van der Waals surface area (Å²) >= 11 is 0. The maximum Gasteiger partial charge on any atom is 0.293 e. The minimum absolute atomic E-state index is 0.0892. The number of carbonyl (C=O) groups excluding carboxylic acids is 1. The Balaban J connectivity index is 2.30. The SMILES string of the molecule is CC(=O)Nc1ccc(Cc2ccccc2)cc1[N+](=O)[O-]. The lowest BCUT2D eigenvalue weighted by molar-refractivity contribution is -0.384. The first-order chi connectivity index (χ1) is 9.56. The van der Waals surface area contributed by atoms with E-state index in [1.54, 1.807) is 12.1 Å². The van der Waals surface area contributed by atoms with Crippen molar-refractivity contribution in [3.05, 3.63) is 69.8 Å². The predicted molar refractivity (Wildman–Crippen MR) is 76.6 cm³/mol. The number of nitro benzene ring substituents is 1. The summed E-state index contributed by atoms with van der Waals surface area (Å²) in [5.74, 6) is -0.330. The Hall–Kier alpha value is -2.69. The number of nitro groups is 1. The molecule has 0 saturated heterocycles. The maximum absolute atomic E-state index is 11.1. The smallest absolute Gasteiger partial charge is 0.293 e. The lowest BCUT2D eigenvalue weighted by atomic mass is 10.0. The van der Waals surface area contributed by atoms with Crippen molar-refractivity contribution in [3.8, 4) is 0 Å². The quantitative estimate of drug-likeness (QED) is 0.685. The second-order valence-corrected chi connectivity index (χ2v) is 4.45. The van der Waals surface area contributed by atoms with Crippen molar-refractivity contribution < 1.29 is 9.72 Å². The molecule has 0 unspecified atom stereocenters. The lowest BCUT2D eigenvalue weighted by Crippen LogP contribution is -2.08. The minimum atomic E-state index is -0.486. The molecule has 102 valence electrons. The van der Waals surface area contributed by atoms with Gasteiger partial charge in [0.15, 0.2) is 0 Å². The number of benzene rings is 2. The van der Waals surface area contributed by atoms with Gasteiger partial charge in [-0.1, -0.05) is 36.4 Å². The second kappa shape index (κ2) is 5.97. The summed E-state index contributed by atoms with van der Waals surface area (Å²) in [6.07, 6.45) is 0.613. The molecule has 0 atom stereocenters. The van der Waals surface area contributed by atoms with E-state index in [4.69, 9.17) is 0 Å². The second-order valence-electron chi connectivity index (χ2n) is 4.45. The van der Waals surface area contributed by atoms with Gasteiger partial charge in [-0.3, -0.25) is 14.9 Å². The fourth-order valence-corrected chi connectivity index (χ4v) is 1.97. The fraction of sp³-hybridized carbons (Fsp3) is 0.133. The summed E-state index contributed by atoms with van der Waals surface area (Å²) in [4.78, 5) is 21.6. The molecule has 0 aromatic heterocycles. The van der Waals surface area contributed by atoms with Gasteiger partial charge in [-0.15, -0.1) is 0 Å². The third-order valence-electron chi connectivity index (χ3n) is 2.82. The monoisotopic (exact) mass is 270 g/mol. The van der Waals surface area contributed by atoms with Crippen LogP contribution in [0.1, 0.15) is 18.1 Å². The van der Waals surface area contributed by atoms with Gasteiger partial charge in [-0.25, -0.2) is 0 Å². The van der Waals surface area contributed by atoms with Gasteiger partial charge in [0, 0.05) is 13.0 Å². The van der Waals surface area contributed by atoms with Crippen LogP contribution in [0.5, 0.6) is 0 Å². The number of anilines is 1. The minimum Gasteiger partial charge on any atom is -0.321 e. The zero-order chi connectivity index (χ0) is 14.5. The Labute approximate surface area is 116 Å². The average molecular weight is 270 g/mol. The van der Waals surface area contributed by atoms with Crippen molar-refractivity contribution in [1.82, 2.24) is 0 Å². The summed E-state index contributed by atoms with van der Waals surface area (Å²) in [6.45, 7) is 1.32. The van der Waals surface area contributed by atoms with Gasteiger partial charge in [-0.2, -0.15) is 0 Å². The van der Waals surface area contributed by atoms with E-state index < -0.39 is 4.92 Å². The number of hydrogen-bond acceptors (Lipinski definition) is 3. The molecule has 1 N–H and O–H groups in total. The van der Waals surface area contributed by atoms with Crippen LogP contribution in [0.4, 0.5) is 11.4 Å². The van der Waals surface area contributed by atoms with Gasteiger partial charge in [-0.05, 0) is 23.6 Å². The molecule has 5 heteroatoms. The molecule has 0 saturated carbocycles. The highest BCUT2D eigenvalue weighted by atomic mass is 16.6. The summed E-state index contributed by atoms with van der Waals surface area (Å²) in [5, 5.41) is 13.5. The van der Waals surface area contributed by atoms with Gasteiger partial charge in [0.2, 0.25) is 5.91 Å². The maximum atomic E-state index is 11.1. The van der Waals surface area contributed by atoms with Gasteiger partial charge in [0.25, 0.3) is 5.69 Å². The number of rotatable bonds is 4. The van der Waals surface area contributed by atoms with Gasteiger partial charge in [0.1, 0.15) is 5.69 Å². The van der Waals surface area contributed by atoms with Crippen molar-refractivity contribution in [3.63, 3.8) is 0 Å². The first-order valence-corrected chi connectivity index (χ1v) is 6.15. The van der Waals surface area contributed by atoms with Crippen molar-refractivity contribution in [2.45, 2.75) is 13.3 Å². The van der Waals surface area contributed by atoms with Crippen LogP contribution in [0.15, 0.2) is 48.5 Å². The molecular formula is C15H14N2O3. The Morgan fingerprint density at radius 3 is 2.45 bits per heavy atom. The van der Waals surface area contributed by atoms with Crippen LogP contribution >= 0.6 is 0 Å². The van der Waals surface area contributed by atoms with Gasteiger partial charge >= 0.3 is 0 Å². The van der Waals surface area contributed by atoms with Crippen LogP contribution in [0.3, 0.4) is 0 Å². The average Bonchev–Trinajstić information content (AvgIpc) is 2.41. The molecule has 0 radical (unpaired) electrons. The normalized spacial score (nSPS) is 10.1. The van der Waals surface area contributed by atoms with E-state index in [0.717, 1.165) is 11.1 Å². The summed E-state index contributed by atoms with van der Waals surface area (Å²) in [5.41, 5.74) is 2.04. The molecule has 0 aliphatic carbocycles. The lowest BCUT2D eigenvalue weighted by Gasteiger charge is -2.06. The molecule has 0 aliphatic rings. The fourth-order valence-electron chi connectivity index (χ4n) is 1.97. The number of nitrogens with one attached hydrogen (secondary N) is 1. The Morgan fingerprint density at radius 1 is 1.15 bits per heavy atom. The molecule has 2 rings (SSSR count). The Bertz CT molecular complexity index is 639. The predicted octanol–water partition coefficient (Wildman–Crippen LogP) is 3.14. The van der Waals surface area contributed by atoms with Crippen molar-refractivity contribution in [2.75, 3.05) is 5.32 Å². The van der Waals surface area contributed by atoms with E-state index in [0.29, 0.717) is 6.42 Å². The van der Waals surface area contributed by atoms with Crippen molar-refractivity contribution in [2.24, 2.45) is 0 Å². The zero-order valence-electron chi connectivity index (χ0n) is 11.0. The van der Waals surface area contributed by atoms with Crippen LogP contribution in [-0.2, 0) is 11.2 Å². The first kappa shape index (κ1) is 13.7. The highest BCUT2D eigenvalue weighted by Crippen LogP contribution is 2.26. The van der Waals surface area contributed by atoms with Crippen molar-refractivity contribution in [1.29, 1.82) is 0 Å². The van der Waals surface area contributed by atoms with Crippen LogP contribution < -0.4 is 5.32 Å². The van der Waals surface area contributed by atoms with Crippen molar-refractivity contribution >= 4 is 17.3 Å². The number of carbonyl (C=O) groups is 1. The third kappa shape index (κ3) is 3.41. The van der Waals surface area contributed by atoms with Gasteiger partial charge in [0.05, 0.1) is 4.92 Å². The number of hydrogen-bond donors (Lipinski definition) is 1. The third-order valence-corrected chi connectivity index (χ3v) is 2.82.